The lowest BCUT2D eigenvalue weighted by Crippen LogP contribution is -2.39. The molecule has 0 spiro atoms. The topological polar surface area (TPSA) is 95.9 Å². The minimum atomic E-state index is -1.12. The van der Waals surface area contributed by atoms with E-state index in [0.29, 0.717) is 12.0 Å². The third-order valence-corrected chi connectivity index (χ3v) is 5.69. The molecule has 6 heteroatoms. The quantitative estimate of drug-likeness (QED) is 0.260. The maximum atomic E-state index is 12.9. The number of ether oxygens (including phenoxy) is 1. The molecule has 3 N–H and O–H groups in total. The van der Waals surface area contributed by atoms with Gasteiger partial charge in [-0.05, 0) is 80.3 Å². The zero-order valence-electron chi connectivity index (χ0n) is 20.2. The summed E-state index contributed by atoms with van der Waals surface area (Å²) in [5.41, 5.74) is 1.38. The van der Waals surface area contributed by atoms with E-state index >= 15 is 0 Å². The van der Waals surface area contributed by atoms with Crippen molar-refractivity contribution >= 4 is 28.2 Å². The van der Waals surface area contributed by atoms with Gasteiger partial charge in [-0.1, -0.05) is 36.8 Å². The predicted octanol–water partition coefficient (Wildman–Crippen LogP) is 5.65. The number of hydrogen-bond donors (Lipinski definition) is 3. The largest absolute Gasteiger partial charge is 0.507 e. The number of benzene rings is 2. The number of fused-ring (bicyclic) bond motifs is 1. The van der Waals surface area contributed by atoms with E-state index in [1.807, 2.05) is 56.3 Å². The van der Waals surface area contributed by atoms with Crippen molar-refractivity contribution in [3.8, 4) is 5.75 Å². The number of allylic oxidation sites excluding steroid dienone is 4. The highest BCUT2D eigenvalue weighted by Crippen LogP contribution is 2.27. The lowest BCUT2D eigenvalue weighted by molar-refractivity contribution is -0.146. The Morgan fingerprint density at radius 1 is 1.09 bits per heavy atom. The number of carboxylic acids is 1. The molecule has 0 radical (unpaired) electrons. The lowest BCUT2D eigenvalue weighted by atomic mass is 9.93. The maximum absolute atomic E-state index is 12.9. The zero-order valence-corrected chi connectivity index (χ0v) is 20.2. The Morgan fingerprint density at radius 3 is 2.30 bits per heavy atom. The van der Waals surface area contributed by atoms with Crippen molar-refractivity contribution in [2.24, 2.45) is 5.41 Å². The molecule has 0 saturated heterocycles. The summed E-state index contributed by atoms with van der Waals surface area (Å²) in [6.45, 7) is 8.55. The van der Waals surface area contributed by atoms with Crippen LogP contribution in [0, 0.1) is 5.41 Å². The molecule has 0 heterocycles. The van der Waals surface area contributed by atoms with Crippen molar-refractivity contribution in [3.05, 3.63) is 71.0 Å². The van der Waals surface area contributed by atoms with Crippen LogP contribution in [0.15, 0.2) is 65.5 Å². The molecule has 2 aromatic rings. The lowest BCUT2D eigenvalue weighted by Gasteiger charge is -2.20. The van der Waals surface area contributed by atoms with Crippen LogP contribution in [0.2, 0.25) is 0 Å². The van der Waals surface area contributed by atoms with Crippen LogP contribution in [0.25, 0.3) is 16.3 Å². The number of rotatable bonds is 9. The highest BCUT2D eigenvalue weighted by Gasteiger charge is 2.28. The number of carbonyl (C=O) groups is 2. The van der Waals surface area contributed by atoms with E-state index in [1.165, 1.54) is 13.8 Å². The first-order chi connectivity index (χ1) is 15.5. The monoisotopic (exact) mass is 451 g/mol. The molecular weight excluding hydrogens is 418 g/mol. The van der Waals surface area contributed by atoms with Crippen molar-refractivity contribution in [3.63, 3.8) is 0 Å². The molecule has 6 nitrogen and oxygen atoms in total. The highest BCUT2D eigenvalue weighted by atomic mass is 16.5. The van der Waals surface area contributed by atoms with Gasteiger partial charge in [0.1, 0.15) is 11.5 Å². The van der Waals surface area contributed by atoms with Crippen molar-refractivity contribution in [2.75, 3.05) is 13.7 Å². The Labute approximate surface area is 195 Å². The number of aliphatic hydroxyl groups is 1. The van der Waals surface area contributed by atoms with Gasteiger partial charge in [-0.25, -0.2) is 0 Å². The van der Waals surface area contributed by atoms with Gasteiger partial charge in [0.05, 0.1) is 18.1 Å². The van der Waals surface area contributed by atoms with Crippen LogP contribution < -0.4 is 10.1 Å². The summed E-state index contributed by atoms with van der Waals surface area (Å²) in [6.07, 6.45) is 4.00. The predicted molar refractivity (Wildman–Crippen MR) is 132 cm³/mol. The van der Waals surface area contributed by atoms with E-state index in [-0.39, 0.29) is 17.9 Å². The van der Waals surface area contributed by atoms with Crippen molar-refractivity contribution in [1.29, 1.82) is 0 Å². The number of hydrogen-bond acceptors (Lipinski definition) is 4. The summed E-state index contributed by atoms with van der Waals surface area (Å²) < 4.78 is 5.28. The Hall–Kier alpha value is -3.54. The molecule has 0 aliphatic heterocycles. The Balaban J connectivity index is 2.38. The van der Waals surface area contributed by atoms with Crippen LogP contribution in [-0.2, 0) is 9.59 Å². The van der Waals surface area contributed by atoms with Crippen LogP contribution in [0.4, 0.5) is 0 Å². The fourth-order valence-electron chi connectivity index (χ4n) is 3.25. The van der Waals surface area contributed by atoms with Crippen molar-refractivity contribution in [2.45, 2.75) is 41.0 Å². The Morgan fingerprint density at radius 2 is 1.73 bits per heavy atom. The van der Waals surface area contributed by atoms with Crippen LogP contribution in [0.1, 0.15) is 46.6 Å². The third kappa shape index (κ3) is 6.25. The summed E-state index contributed by atoms with van der Waals surface area (Å²) in [5, 5.41) is 24.9. The SMILES string of the molecule is C\C=C(/C=C(O)\C(C(=O)NCC(C)(C)C(=O)O)=C(/C)CC)c1ccc2cc(OC)ccc2c1. The van der Waals surface area contributed by atoms with E-state index in [2.05, 4.69) is 5.32 Å². The van der Waals surface area contributed by atoms with E-state index in [4.69, 9.17) is 4.74 Å². The zero-order chi connectivity index (χ0) is 24.8. The Kier molecular flexibility index (Phi) is 8.46. The van der Waals surface area contributed by atoms with Crippen LogP contribution >= 0.6 is 0 Å². The molecule has 2 aromatic carbocycles. The van der Waals surface area contributed by atoms with Gasteiger partial charge in [-0.2, -0.15) is 0 Å². The minimum absolute atomic E-state index is 0.0560. The average molecular weight is 452 g/mol. The molecule has 1 amide bonds. The van der Waals surface area contributed by atoms with Gasteiger partial charge in [0.15, 0.2) is 0 Å². The van der Waals surface area contributed by atoms with Gasteiger partial charge in [-0.15, -0.1) is 0 Å². The van der Waals surface area contributed by atoms with Crippen molar-refractivity contribution < 1.29 is 24.5 Å². The molecule has 0 bridgehead atoms. The molecule has 0 atom stereocenters. The van der Waals surface area contributed by atoms with Crippen LogP contribution in [-0.4, -0.2) is 35.7 Å². The van der Waals surface area contributed by atoms with Gasteiger partial charge in [0.2, 0.25) is 0 Å². The standard InChI is InChI=1S/C27H33NO5/c1-7-17(3)24(25(30)28-16-27(4,5)26(31)32)23(29)15-18(8-2)19-9-10-21-14-22(33-6)12-11-20(21)13-19/h8-15,29H,7,16H2,1-6H3,(H,28,30)(H,31,32)/b18-8+,23-15+,24-17-. The first kappa shape index (κ1) is 25.7. The molecule has 2 rings (SSSR count). The molecule has 0 aliphatic rings. The summed E-state index contributed by atoms with van der Waals surface area (Å²) in [5.74, 6) is -0.896. The summed E-state index contributed by atoms with van der Waals surface area (Å²) in [4.78, 5) is 24.3. The molecule has 33 heavy (non-hydrogen) atoms. The number of carbonyl (C=O) groups excluding carboxylic acids is 1. The van der Waals surface area contributed by atoms with E-state index in [9.17, 15) is 19.8 Å². The second kappa shape index (κ2) is 10.9. The van der Waals surface area contributed by atoms with Crippen molar-refractivity contribution in [1.82, 2.24) is 5.32 Å². The molecule has 0 fully saturated rings. The number of carboxylic acid groups (broad SMARTS) is 1. The van der Waals surface area contributed by atoms with E-state index < -0.39 is 17.3 Å². The van der Waals surface area contributed by atoms with Gasteiger partial charge >= 0.3 is 5.97 Å². The summed E-state index contributed by atoms with van der Waals surface area (Å²) in [7, 11) is 1.63. The molecular formula is C27H33NO5. The first-order valence-electron chi connectivity index (χ1n) is 10.9. The number of amides is 1. The summed E-state index contributed by atoms with van der Waals surface area (Å²) in [6, 6.07) is 11.8. The number of aliphatic hydroxyl groups excluding tert-OH is 1. The fourth-order valence-corrected chi connectivity index (χ4v) is 3.25. The highest BCUT2D eigenvalue weighted by molar-refractivity contribution is 5.99. The fraction of sp³-hybridized carbons (Fsp3) is 0.333. The van der Waals surface area contributed by atoms with E-state index in [0.717, 1.165) is 27.7 Å². The molecule has 0 aromatic heterocycles. The van der Waals surface area contributed by atoms with Gasteiger partial charge in [0.25, 0.3) is 5.91 Å². The van der Waals surface area contributed by atoms with Gasteiger partial charge in [-0.3, -0.25) is 9.59 Å². The molecule has 0 aliphatic carbocycles. The van der Waals surface area contributed by atoms with Crippen LogP contribution in [0.3, 0.4) is 0 Å². The normalized spacial score (nSPS) is 13.5. The third-order valence-electron chi connectivity index (χ3n) is 5.69. The second-order valence-electron chi connectivity index (χ2n) is 8.58. The summed E-state index contributed by atoms with van der Waals surface area (Å²) >= 11 is 0. The smallest absolute Gasteiger partial charge is 0.310 e. The Bertz CT molecular complexity index is 1140. The first-order valence-corrected chi connectivity index (χ1v) is 10.9. The number of nitrogens with one attached hydrogen (secondary N) is 1. The molecule has 0 saturated carbocycles. The number of methoxy groups -OCH3 is 1. The second-order valence-corrected chi connectivity index (χ2v) is 8.58. The minimum Gasteiger partial charge on any atom is -0.507 e. The molecule has 176 valence electrons. The van der Waals surface area contributed by atoms with Gasteiger partial charge < -0.3 is 20.3 Å². The maximum Gasteiger partial charge on any atom is 0.310 e. The average Bonchev–Trinajstić information content (AvgIpc) is 2.80. The van der Waals surface area contributed by atoms with E-state index in [1.54, 1.807) is 20.1 Å². The van der Waals surface area contributed by atoms with Crippen LogP contribution in [0.5, 0.6) is 5.75 Å². The van der Waals surface area contributed by atoms with Gasteiger partial charge in [0, 0.05) is 6.54 Å². The molecule has 0 unspecified atom stereocenters. The number of aliphatic carboxylic acids is 1.